The molecule has 3 nitrogen and oxygen atoms in total. The highest BCUT2D eigenvalue weighted by atomic mass is 16.5. The molecule has 1 aliphatic rings. The van der Waals surface area contributed by atoms with E-state index in [0.29, 0.717) is 6.61 Å². The van der Waals surface area contributed by atoms with E-state index in [2.05, 4.69) is 0 Å². The maximum absolute atomic E-state index is 11.3. The largest absolute Gasteiger partial charge is 0.497 e. The van der Waals surface area contributed by atoms with Crippen LogP contribution < -0.4 is 9.47 Å². The fourth-order valence-corrected chi connectivity index (χ4v) is 1.76. The van der Waals surface area contributed by atoms with Gasteiger partial charge in [-0.25, -0.2) is 0 Å². The maximum Gasteiger partial charge on any atom is 0.136 e. The molecule has 1 aromatic carbocycles. The summed E-state index contributed by atoms with van der Waals surface area (Å²) in [5.74, 6) is 1.85. The molecule has 1 heterocycles. The number of ketones is 1. The number of benzene rings is 1. The molecule has 1 aliphatic heterocycles. The molecule has 1 unspecified atom stereocenters. The van der Waals surface area contributed by atoms with Gasteiger partial charge in [0.05, 0.1) is 19.6 Å². The maximum atomic E-state index is 11.3. The predicted molar refractivity (Wildman–Crippen MR) is 56.4 cm³/mol. The minimum absolute atomic E-state index is 0.00962. The molecule has 3 heteroatoms. The van der Waals surface area contributed by atoms with Crippen LogP contribution in [0.15, 0.2) is 18.2 Å². The lowest BCUT2D eigenvalue weighted by Crippen LogP contribution is -2.26. The zero-order valence-corrected chi connectivity index (χ0v) is 8.95. The molecule has 80 valence electrons. The normalized spacial score (nSPS) is 18.9. The van der Waals surface area contributed by atoms with Gasteiger partial charge >= 0.3 is 0 Å². The molecular formula is C12H14O3. The van der Waals surface area contributed by atoms with Gasteiger partial charge in [0.15, 0.2) is 0 Å². The van der Waals surface area contributed by atoms with Gasteiger partial charge in [-0.3, -0.25) is 4.79 Å². The zero-order valence-electron chi connectivity index (χ0n) is 8.95. The Balaban J connectivity index is 2.27. The average molecular weight is 206 g/mol. The number of hydrogen-bond acceptors (Lipinski definition) is 3. The van der Waals surface area contributed by atoms with Crippen LogP contribution >= 0.6 is 0 Å². The third-order valence-corrected chi connectivity index (χ3v) is 2.75. The smallest absolute Gasteiger partial charge is 0.136 e. The zero-order chi connectivity index (χ0) is 10.8. The van der Waals surface area contributed by atoms with Gasteiger partial charge < -0.3 is 9.47 Å². The quantitative estimate of drug-likeness (QED) is 0.740. The second-order valence-electron chi connectivity index (χ2n) is 3.80. The molecule has 0 radical (unpaired) electrons. The van der Waals surface area contributed by atoms with Crippen LogP contribution in [0.2, 0.25) is 0 Å². The monoisotopic (exact) mass is 206 g/mol. The van der Waals surface area contributed by atoms with E-state index in [1.807, 2.05) is 18.2 Å². The fourth-order valence-electron chi connectivity index (χ4n) is 1.76. The first kappa shape index (κ1) is 10.0. The van der Waals surface area contributed by atoms with Gasteiger partial charge in [0, 0.05) is 0 Å². The Kier molecular flexibility index (Phi) is 2.62. The molecule has 1 aromatic rings. The lowest BCUT2D eigenvalue weighted by atomic mass is 9.94. The highest BCUT2D eigenvalue weighted by Crippen LogP contribution is 2.30. The summed E-state index contributed by atoms with van der Waals surface area (Å²) in [6, 6.07) is 5.70. The first-order valence-corrected chi connectivity index (χ1v) is 5.01. The molecule has 0 fully saturated rings. The highest BCUT2D eigenvalue weighted by Gasteiger charge is 2.23. The second-order valence-corrected chi connectivity index (χ2v) is 3.80. The van der Waals surface area contributed by atoms with Crippen molar-refractivity contribution < 1.29 is 14.3 Å². The molecule has 0 aromatic heterocycles. The summed E-state index contributed by atoms with van der Waals surface area (Å²) < 4.78 is 10.7. The summed E-state index contributed by atoms with van der Waals surface area (Å²) in [6.07, 6.45) is 0.752. The van der Waals surface area contributed by atoms with Crippen LogP contribution in [0.5, 0.6) is 11.5 Å². The molecule has 0 saturated carbocycles. The van der Waals surface area contributed by atoms with Gasteiger partial charge in [-0.15, -0.1) is 0 Å². The first-order valence-electron chi connectivity index (χ1n) is 5.01. The lowest BCUT2D eigenvalue weighted by molar-refractivity contribution is -0.121. The van der Waals surface area contributed by atoms with Gasteiger partial charge in [0.2, 0.25) is 0 Å². The molecule has 0 amide bonds. The molecule has 0 bridgehead atoms. The Morgan fingerprint density at radius 2 is 2.33 bits per heavy atom. The average Bonchev–Trinajstić information content (AvgIpc) is 2.27. The van der Waals surface area contributed by atoms with Crippen LogP contribution in [0.4, 0.5) is 0 Å². The molecule has 2 rings (SSSR count). The van der Waals surface area contributed by atoms with Crippen LogP contribution in [-0.2, 0) is 11.2 Å². The van der Waals surface area contributed by atoms with Crippen LogP contribution in [0.25, 0.3) is 0 Å². The molecule has 15 heavy (non-hydrogen) atoms. The Morgan fingerprint density at radius 1 is 1.53 bits per heavy atom. The van der Waals surface area contributed by atoms with Gasteiger partial charge in [0.25, 0.3) is 0 Å². The van der Waals surface area contributed by atoms with Gasteiger partial charge in [-0.1, -0.05) is 0 Å². The number of rotatable bonds is 2. The van der Waals surface area contributed by atoms with E-state index in [1.54, 1.807) is 14.0 Å². The topological polar surface area (TPSA) is 35.5 Å². The van der Waals surface area contributed by atoms with Gasteiger partial charge in [0.1, 0.15) is 17.3 Å². The molecule has 0 aliphatic carbocycles. The number of methoxy groups -OCH3 is 1. The fraction of sp³-hybridized carbons (Fsp3) is 0.417. The van der Waals surface area contributed by atoms with Crippen LogP contribution in [0.1, 0.15) is 12.5 Å². The Labute approximate surface area is 89.0 Å². The van der Waals surface area contributed by atoms with Crippen molar-refractivity contribution in [3.8, 4) is 11.5 Å². The summed E-state index contributed by atoms with van der Waals surface area (Å²) in [4.78, 5) is 11.3. The van der Waals surface area contributed by atoms with Crippen molar-refractivity contribution in [1.82, 2.24) is 0 Å². The Hall–Kier alpha value is -1.51. The number of carbonyl (C=O) groups excluding carboxylic acids is 1. The Morgan fingerprint density at radius 3 is 3.00 bits per heavy atom. The summed E-state index contributed by atoms with van der Waals surface area (Å²) >= 11 is 0. The number of hydrogen-bond donors (Lipinski definition) is 0. The molecule has 0 spiro atoms. The van der Waals surface area contributed by atoms with Crippen molar-refractivity contribution in [3.05, 3.63) is 23.8 Å². The highest BCUT2D eigenvalue weighted by molar-refractivity contribution is 5.79. The third kappa shape index (κ3) is 1.96. The van der Waals surface area contributed by atoms with Crippen LogP contribution in [0.3, 0.4) is 0 Å². The minimum Gasteiger partial charge on any atom is -0.497 e. The molecule has 0 N–H and O–H groups in total. The van der Waals surface area contributed by atoms with Crippen LogP contribution in [0, 0.1) is 5.92 Å². The van der Waals surface area contributed by atoms with Crippen molar-refractivity contribution in [2.45, 2.75) is 13.3 Å². The summed E-state index contributed by atoms with van der Waals surface area (Å²) in [5, 5.41) is 0. The minimum atomic E-state index is -0.00962. The van der Waals surface area contributed by atoms with Gasteiger partial charge in [-0.2, -0.15) is 0 Å². The van der Waals surface area contributed by atoms with Crippen molar-refractivity contribution in [3.63, 3.8) is 0 Å². The molecular weight excluding hydrogens is 192 g/mol. The van der Waals surface area contributed by atoms with E-state index in [-0.39, 0.29) is 11.7 Å². The SMILES string of the molecule is COc1ccc2c(c1)CC(C(C)=O)CO2. The Bertz CT molecular complexity index is 384. The van der Waals surface area contributed by atoms with E-state index in [4.69, 9.17) is 9.47 Å². The van der Waals surface area contributed by atoms with Gasteiger partial charge in [-0.05, 0) is 37.1 Å². The first-order chi connectivity index (χ1) is 7.20. The summed E-state index contributed by atoms with van der Waals surface area (Å²) in [6.45, 7) is 2.11. The standard InChI is InChI=1S/C12H14O3/c1-8(13)10-5-9-6-11(14-2)3-4-12(9)15-7-10/h3-4,6,10H,5,7H2,1-2H3. The van der Waals surface area contributed by atoms with Crippen molar-refractivity contribution in [2.24, 2.45) is 5.92 Å². The number of Topliss-reactive ketones (excluding diaryl/α,β-unsaturated/α-hetero) is 1. The van der Waals surface area contributed by atoms with Crippen LogP contribution in [-0.4, -0.2) is 19.5 Å². The second kappa shape index (κ2) is 3.93. The van der Waals surface area contributed by atoms with Crippen molar-refractivity contribution in [1.29, 1.82) is 0 Å². The molecule has 1 atom stereocenters. The van der Waals surface area contributed by atoms with E-state index in [9.17, 15) is 4.79 Å². The van der Waals surface area contributed by atoms with E-state index < -0.39 is 0 Å². The van der Waals surface area contributed by atoms with E-state index >= 15 is 0 Å². The van der Waals surface area contributed by atoms with Crippen molar-refractivity contribution in [2.75, 3.05) is 13.7 Å². The number of ether oxygens (including phenoxy) is 2. The van der Waals surface area contributed by atoms with E-state index in [0.717, 1.165) is 23.5 Å². The predicted octanol–water partition coefficient (Wildman–Crippen LogP) is 1.84. The number of carbonyl (C=O) groups is 1. The lowest BCUT2D eigenvalue weighted by Gasteiger charge is -2.23. The number of fused-ring (bicyclic) bond motifs is 1. The third-order valence-electron chi connectivity index (χ3n) is 2.75. The molecule has 0 saturated heterocycles. The summed E-state index contributed by atoms with van der Waals surface area (Å²) in [5.41, 5.74) is 1.06. The van der Waals surface area contributed by atoms with E-state index in [1.165, 1.54) is 0 Å². The summed E-state index contributed by atoms with van der Waals surface area (Å²) in [7, 11) is 1.63. The van der Waals surface area contributed by atoms with Crippen molar-refractivity contribution >= 4 is 5.78 Å².